The van der Waals surface area contributed by atoms with E-state index >= 15 is 0 Å². The molecule has 1 aromatic rings. The smallest absolute Gasteiger partial charge is 0.166 e. The molecule has 0 aliphatic carbocycles. The molecular weight excluding hydrogens is 228 g/mol. The van der Waals surface area contributed by atoms with Crippen LogP contribution in [0.15, 0.2) is 0 Å². The van der Waals surface area contributed by atoms with Crippen LogP contribution in [0.1, 0.15) is 48.9 Å². The standard InChI is InChI=1S/C14H24N2O2/c1-6-13(17)14-11(4)15-16(12(14)5)7-8-18-9-10(2)3/h10H,6-9H2,1-5H3. The Labute approximate surface area is 109 Å². The van der Waals surface area contributed by atoms with Gasteiger partial charge in [0.25, 0.3) is 0 Å². The van der Waals surface area contributed by atoms with Crippen LogP contribution in [0.5, 0.6) is 0 Å². The molecule has 4 heteroatoms. The molecule has 102 valence electrons. The number of carbonyl (C=O) groups is 1. The lowest BCUT2D eigenvalue weighted by molar-refractivity contribution is 0.0981. The van der Waals surface area contributed by atoms with E-state index in [9.17, 15) is 4.79 Å². The summed E-state index contributed by atoms with van der Waals surface area (Å²) in [6.07, 6.45) is 0.525. The lowest BCUT2D eigenvalue weighted by atomic mass is 10.1. The predicted octanol–water partition coefficient (Wildman–Crippen LogP) is 2.77. The number of ether oxygens (including phenoxy) is 1. The van der Waals surface area contributed by atoms with Crippen LogP contribution >= 0.6 is 0 Å². The third-order valence-corrected chi connectivity index (χ3v) is 2.88. The van der Waals surface area contributed by atoms with Gasteiger partial charge in [0.1, 0.15) is 0 Å². The average molecular weight is 252 g/mol. The first kappa shape index (κ1) is 14.9. The second-order valence-electron chi connectivity index (χ2n) is 5.01. The maximum Gasteiger partial charge on any atom is 0.166 e. The van der Waals surface area contributed by atoms with E-state index in [0.717, 1.165) is 23.6 Å². The minimum absolute atomic E-state index is 0.166. The van der Waals surface area contributed by atoms with E-state index in [0.29, 0.717) is 25.5 Å². The Hall–Kier alpha value is -1.16. The lowest BCUT2D eigenvalue weighted by Gasteiger charge is -2.08. The number of rotatable bonds is 7. The summed E-state index contributed by atoms with van der Waals surface area (Å²) < 4.78 is 7.42. The molecule has 0 bridgehead atoms. The minimum Gasteiger partial charge on any atom is -0.379 e. The maximum atomic E-state index is 11.8. The van der Waals surface area contributed by atoms with Gasteiger partial charge in [0.05, 0.1) is 24.4 Å². The molecule has 0 fully saturated rings. The lowest BCUT2D eigenvalue weighted by Crippen LogP contribution is -2.12. The zero-order chi connectivity index (χ0) is 13.7. The highest BCUT2D eigenvalue weighted by molar-refractivity contribution is 5.97. The highest BCUT2D eigenvalue weighted by Crippen LogP contribution is 2.15. The summed E-state index contributed by atoms with van der Waals surface area (Å²) in [4.78, 5) is 11.8. The van der Waals surface area contributed by atoms with Crippen molar-refractivity contribution in [1.29, 1.82) is 0 Å². The molecule has 4 nitrogen and oxygen atoms in total. The summed E-state index contributed by atoms with van der Waals surface area (Å²) in [6, 6.07) is 0. The molecule has 0 atom stereocenters. The molecule has 0 aromatic carbocycles. The molecule has 1 heterocycles. The average Bonchev–Trinajstić information content (AvgIpc) is 2.59. The van der Waals surface area contributed by atoms with E-state index in [1.54, 1.807) is 0 Å². The molecule has 0 spiro atoms. The van der Waals surface area contributed by atoms with Gasteiger partial charge in [0, 0.05) is 18.7 Å². The molecule has 0 aliphatic rings. The Kier molecular flexibility index (Phi) is 5.54. The summed E-state index contributed by atoms with van der Waals surface area (Å²) in [5.41, 5.74) is 2.55. The second-order valence-corrected chi connectivity index (χ2v) is 5.01. The Morgan fingerprint density at radius 2 is 2.06 bits per heavy atom. The van der Waals surface area contributed by atoms with Crippen LogP contribution in [0.3, 0.4) is 0 Å². The molecule has 1 rings (SSSR count). The van der Waals surface area contributed by atoms with Crippen molar-refractivity contribution in [2.24, 2.45) is 5.92 Å². The van der Waals surface area contributed by atoms with E-state index < -0.39 is 0 Å². The van der Waals surface area contributed by atoms with Crippen LogP contribution in [0.25, 0.3) is 0 Å². The van der Waals surface area contributed by atoms with Crippen molar-refractivity contribution in [2.45, 2.75) is 47.6 Å². The van der Waals surface area contributed by atoms with Crippen LogP contribution in [-0.2, 0) is 11.3 Å². The van der Waals surface area contributed by atoms with Gasteiger partial charge in [-0.1, -0.05) is 20.8 Å². The number of aromatic nitrogens is 2. The monoisotopic (exact) mass is 252 g/mol. The first-order valence-corrected chi connectivity index (χ1v) is 6.62. The van der Waals surface area contributed by atoms with Crippen LogP contribution in [0.4, 0.5) is 0 Å². The van der Waals surface area contributed by atoms with Crippen molar-refractivity contribution >= 4 is 5.78 Å². The van der Waals surface area contributed by atoms with Gasteiger partial charge in [-0.3, -0.25) is 9.48 Å². The summed E-state index contributed by atoms with van der Waals surface area (Å²) >= 11 is 0. The fraction of sp³-hybridized carbons (Fsp3) is 0.714. The SMILES string of the molecule is CCC(=O)c1c(C)nn(CCOCC(C)C)c1C. The third-order valence-electron chi connectivity index (χ3n) is 2.88. The molecule has 0 aliphatic heterocycles. The number of hydrogen-bond donors (Lipinski definition) is 0. The summed E-state index contributed by atoms with van der Waals surface area (Å²) in [5.74, 6) is 0.710. The molecule has 0 unspecified atom stereocenters. The molecule has 0 radical (unpaired) electrons. The number of aryl methyl sites for hydroxylation is 1. The van der Waals surface area contributed by atoms with Crippen LogP contribution < -0.4 is 0 Å². The van der Waals surface area contributed by atoms with Gasteiger partial charge in [0.2, 0.25) is 0 Å². The van der Waals surface area contributed by atoms with Crippen molar-refractivity contribution in [3.8, 4) is 0 Å². The van der Waals surface area contributed by atoms with Crippen molar-refractivity contribution < 1.29 is 9.53 Å². The van der Waals surface area contributed by atoms with Gasteiger partial charge < -0.3 is 4.74 Å². The van der Waals surface area contributed by atoms with Gasteiger partial charge in [-0.2, -0.15) is 5.10 Å². The quantitative estimate of drug-likeness (QED) is 0.553. The Morgan fingerprint density at radius 3 is 2.61 bits per heavy atom. The van der Waals surface area contributed by atoms with E-state index in [2.05, 4.69) is 18.9 Å². The molecule has 1 aromatic heterocycles. The minimum atomic E-state index is 0.166. The van der Waals surface area contributed by atoms with Crippen LogP contribution in [0.2, 0.25) is 0 Å². The summed E-state index contributed by atoms with van der Waals surface area (Å²) in [7, 11) is 0. The first-order chi connectivity index (χ1) is 8.47. The Bertz CT molecular complexity index is 408. The van der Waals surface area contributed by atoms with Crippen LogP contribution in [0, 0.1) is 19.8 Å². The number of ketones is 1. The van der Waals surface area contributed by atoms with E-state index in [4.69, 9.17) is 4.74 Å². The predicted molar refractivity (Wildman–Crippen MR) is 72.0 cm³/mol. The summed E-state index contributed by atoms with van der Waals surface area (Å²) in [5, 5.41) is 4.41. The molecule has 0 saturated carbocycles. The van der Waals surface area contributed by atoms with E-state index in [1.807, 2.05) is 25.5 Å². The molecular formula is C14H24N2O2. The van der Waals surface area contributed by atoms with Gasteiger partial charge >= 0.3 is 0 Å². The van der Waals surface area contributed by atoms with Crippen molar-refractivity contribution in [2.75, 3.05) is 13.2 Å². The Morgan fingerprint density at radius 1 is 1.39 bits per heavy atom. The third kappa shape index (κ3) is 3.67. The van der Waals surface area contributed by atoms with Gasteiger partial charge in [-0.15, -0.1) is 0 Å². The Balaban J connectivity index is 2.65. The zero-order valence-corrected chi connectivity index (χ0v) is 12.1. The molecule has 18 heavy (non-hydrogen) atoms. The first-order valence-electron chi connectivity index (χ1n) is 6.62. The van der Waals surface area contributed by atoms with Crippen molar-refractivity contribution in [1.82, 2.24) is 9.78 Å². The fourth-order valence-corrected chi connectivity index (χ4v) is 1.97. The molecule has 0 amide bonds. The number of carbonyl (C=O) groups excluding carboxylic acids is 1. The fourth-order valence-electron chi connectivity index (χ4n) is 1.97. The van der Waals surface area contributed by atoms with Crippen molar-refractivity contribution in [3.05, 3.63) is 17.0 Å². The second kappa shape index (κ2) is 6.69. The highest BCUT2D eigenvalue weighted by Gasteiger charge is 2.16. The molecule has 0 N–H and O–H groups in total. The number of hydrogen-bond acceptors (Lipinski definition) is 3. The van der Waals surface area contributed by atoms with E-state index in [1.165, 1.54) is 0 Å². The van der Waals surface area contributed by atoms with E-state index in [-0.39, 0.29) is 5.78 Å². The van der Waals surface area contributed by atoms with Gasteiger partial charge in [-0.05, 0) is 19.8 Å². The van der Waals surface area contributed by atoms with Gasteiger partial charge in [-0.25, -0.2) is 0 Å². The van der Waals surface area contributed by atoms with Crippen LogP contribution in [-0.4, -0.2) is 28.8 Å². The zero-order valence-electron chi connectivity index (χ0n) is 12.1. The number of nitrogens with zero attached hydrogens (tertiary/aromatic N) is 2. The largest absolute Gasteiger partial charge is 0.379 e. The topological polar surface area (TPSA) is 44.1 Å². The number of Topliss-reactive ketones (excluding diaryl/α,β-unsaturated/α-hetero) is 1. The normalized spacial score (nSPS) is 11.2. The summed E-state index contributed by atoms with van der Waals surface area (Å²) in [6.45, 7) is 12.1. The van der Waals surface area contributed by atoms with Crippen molar-refractivity contribution in [3.63, 3.8) is 0 Å². The maximum absolute atomic E-state index is 11.8. The molecule has 0 saturated heterocycles. The highest BCUT2D eigenvalue weighted by atomic mass is 16.5. The van der Waals surface area contributed by atoms with Gasteiger partial charge in [0.15, 0.2) is 5.78 Å².